The molecule has 98 valence electrons. The van der Waals surface area contributed by atoms with Gasteiger partial charge in [-0.15, -0.1) is 0 Å². The van der Waals surface area contributed by atoms with E-state index in [1.54, 1.807) is 0 Å². The third kappa shape index (κ3) is 4.29. The minimum atomic E-state index is -2.92. The molecule has 0 aromatic rings. The fourth-order valence-electron chi connectivity index (χ4n) is 2.53. The first-order chi connectivity index (χ1) is 7.84. The van der Waals surface area contributed by atoms with Crippen LogP contribution in [-0.4, -0.2) is 44.5 Å². The molecule has 1 fully saturated rings. The maximum Gasteiger partial charge on any atom is 0.150 e. The van der Waals surface area contributed by atoms with Crippen molar-refractivity contribution in [3.63, 3.8) is 0 Å². The van der Waals surface area contributed by atoms with Gasteiger partial charge in [-0.3, -0.25) is 0 Å². The smallest absolute Gasteiger partial charge is 0.150 e. The van der Waals surface area contributed by atoms with Crippen molar-refractivity contribution in [3.8, 4) is 6.07 Å². The summed E-state index contributed by atoms with van der Waals surface area (Å²) in [4.78, 5) is 2.14. The average Bonchev–Trinajstić information content (AvgIpc) is 2.28. The molecule has 3 unspecified atom stereocenters. The molecule has 0 bridgehead atoms. The predicted octanol–water partition coefficient (Wildman–Crippen LogP) is 1.43. The van der Waals surface area contributed by atoms with Crippen molar-refractivity contribution in [2.45, 2.75) is 43.9 Å². The molecule has 0 saturated heterocycles. The predicted molar refractivity (Wildman–Crippen MR) is 68.3 cm³/mol. The van der Waals surface area contributed by atoms with Crippen LogP contribution < -0.4 is 0 Å². The summed E-state index contributed by atoms with van der Waals surface area (Å²) in [5, 5.41) is 8.60. The zero-order valence-corrected chi connectivity index (χ0v) is 11.7. The molecule has 1 saturated carbocycles. The lowest BCUT2D eigenvalue weighted by atomic mass is 9.93. The minimum Gasteiger partial charge on any atom is -0.302 e. The first-order valence-electron chi connectivity index (χ1n) is 6.13. The molecule has 0 spiro atoms. The van der Waals surface area contributed by atoms with Gasteiger partial charge in [0.15, 0.2) is 0 Å². The molecule has 4 nitrogen and oxygen atoms in total. The van der Waals surface area contributed by atoms with Crippen LogP contribution in [0.1, 0.15) is 32.6 Å². The number of hydrogen-bond donors (Lipinski definition) is 0. The Morgan fingerprint density at radius 1 is 1.47 bits per heavy atom. The second-order valence-corrected chi connectivity index (χ2v) is 7.57. The van der Waals surface area contributed by atoms with Crippen molar-refractivity contribution in [1.29, 1.82) is 5.26 Å². The first-order valence-corrected chi connectivity index (χ1v) is 8.08. The van der Waals surface area contributed by atoms with E-state index in [0.29, 0.717) is 12.5 Å². The topological polar surface area (TPSA) is 61.2 Å². The molecule has 5 heteroatoms. The van der Waals surface area contributed by atoms with Crippen LogP contribution in [0, 0.1) is 17.2 Å². The normalized spacial score (nSPS) is 27.7. The van der Waals surface area contributed by atoms with Crippen LogP contribution in [0.2, 0.25) is 0 Å². The van der Waals surface area contributed by atoms with E-state index in [4.69, 9.17) is 5.26 Å². The van der Waals surface area contributed by atoms with Crippen LogP contribution in [0.25, 0.3) is 0 Å². The molecule has 3 atom stereocenters. The number of hydrogen-bond acceptors (Lipinski definition) is 4. The Morgan fingerprint density at radius 3 is 2.65 bits per heavy atom. The molecule has 17 heavy (non-hydrogen) atoms. The molecule has 0 heterocycles. The lowest BCUT2D eigenvalue weighted by Crippen LogP contribution is -2.41. The molecule has 0 amide bonds. The van der Waals surface area contributed by atoms with Gasteiger partial charge in [-0.25, -0.2) is 8.42 Å². The van der Waals surface area contributed by atoms with E-state index in [1.165, 1.54) is 6.26 Å². The maximum atomic E-state index is 11.6. The van der Waals surface area contributed by atoms with Crippen LogP contribution in [0.4, 0.5) is 0 Å². The van der Waals surface area contributed by atoms with Crippen molar-refractivity contribution in [1.82, 2.24) is 4.90 Å². The van der Waals surface area contributed by atoms with E-state index >= 15 is 0 Å². The molecule has 0 aromatic heterocycles. The van der Waals surface area contributed by atoms with Gasteiger partial charge >= 0.3 is 0 Å². The largest absolute Gasteiger partial charge is 0.302 e. The van der Waals surface area contributed by atoms with E-state index in [1.807, 2.05) is 14.0 Å². The van der Waals surface area contributed by atoms with E-state index < -0.39 is 9.84 Å². The highest BCUT2D eigenvalue weighted by Gasteiger charge is 2.30. The Labute approximate surface area is 105 Å². The molecule has 0 radical (unpaired) electrons. The second-order valence-electron chi connectivity index (χ2n) is 5.24. The summed E-state index contributed by atoms with van der Waals surface area (Å²) >= 11 is 0. The highest BCUT2D eigenvalue weighted by Crippen LogP contribution is 2.27. The number of nitriles is 1. The van der Waals surface area contributed by atoms with Crippen LogP contribution in [0.3, 0.4) is 0 Å². The minimum absolute atomic E-state index is 0.00129. The fraction of sp³-hybridized carbons (Fsp3) is 0.917. The zero-order valence-electron chi connectivity index (χ0n) is 10.9. The van der Waals surface area contributed by atoms with Gasteiger partial charge in [-0.1, -0.05) is 6.42 Å². The van der Waals surface area contributed by atoms with Crippen molar-refractivity contribution in [2.75, 3.05) is 19.8 Å². The Bertz CT molecular complexity index is 386. The van der Waals surface area contributed by atoms with E-state index in [-0.39, 0.29) is 11.2 Å². The monoisotopic (exact) mass is 258 g/mol. The third-order valence-corrected chi connectivity index (χ3v) is 5.25. The first kappa shape index (κ1) is 14.5. The zero-order chi connectivity index (χ0) is 13.1. The van der Waals surface area contributed by atoms with Crippen LogP contribution in [0.5, 0.6) is 0 Å². The van der Waals surface area contributed by atoms with Crippen LogP contribution in [-0.2, 0) is 9.84 Å². The molecular formula is C12H22N2O2S. The van der Waals surface area contributed by atoms with Gasteiger partial charge in [0.05, 0.1) is 17.2 Å². The lowest BCUT2D eigenvalue weighted by Gasteiger charge is -2.35. The van der Waals surface area contributed by atoms with Crippen molar-refractivity contribution < 1.29 is 8.42 Å². The van der Waals surface area contributed by atoms with Gasteiger partial charge in [0, 0.05) is 18.8 Å². The van der Waals surface area contributed by atoms with Crippen molar-refractivity contribution in [2.24, 2.45) is 5.92 Å². The SMILES string of the molecule is CC(C#N)CN(C)C1CCCC(S(C)(=O)=O)C1. The Balaban J connectivity index is 2.58. The van der Waals surface area contributed by atoms with E-state index in [0.717, 1.165) is 25.8 Å². The fourth-order valence-corrected chi connectivity index (χ4v) is 3.70. The van der Waals surface area contributed by atoms with Gasteiger partial charge in [-0.2, -0.15) is 5.26 Å². The molecule has 1 aliphatic rings. The molecule has 0 aromatic carbocycles. The van der Waals surface area contributed by atoms with E-state index in [9.17, 15) is 8.42 Å². The van der Waals surface area contributed by atoms with Gasteiger partial charge in [0.25, 0.3) is 0 Å². The maximum absolute atomic E-state index is 11.6. The summed E-state index contributed by atoms with van der Waals surface area (Å²) in [5.74, 6) is -0.00129. The van der Waals surface area contributed by atoms with Gasteiger partial charge < -0.3 is 4.90 Å². The van der Waals surface area contributed by atoms with Crippen molar-refractivity contribution >= 4 is 9.84 Å². The average molecular weight is 258 g/mol. The number of sulfone groups is 1. The van der Waals surface area contributed by atoms with Crippen molar-refractivity contribution in [3.05, 3.63) is 0 Å². The summed E-state index contributed by atoms with van der Waals surface area (Å²) in [5.41, 5.74) is 0. The standard InChI is InChI=1S/C12H22N2O2S/c1-10(8-13)9-14(2)11-5-4-6-12(7-11)17(3,15)16/h10-12H,4-7,9H2,1-3H3. The second kappa shape index (κ2) is 5.83. The van der Waals surface area contributed by atoms with Gasteiger partial charge in [-0.05, 0) is 33.2 Å². The van der Waals surface area contributed by atoms with Crippen LogP contribution in [0.15, 0.2) is 0 Å². The summed E-state index contributed by atoms with van der Waals surface area (Å²) in [6.45, 7) is 2.62. The number of rotatable bonds is 4. The highest BCUT2D eigenvalue weighted by atomic mass is 32.2. The Morgan fingerprint density at radius 2 is 2.12 bits per heavy atom. The summed E-state index contributed by atoms with van der Waals surface area (Å²) < 4.78 is 23.1. The summed E-state index contributed by atoms with van der Waals surface area (Å²) in [7, 11) is -0.929. The molecule has 0 N–H and O–H groups in total. The van der Waals surface area contributed by atoms with Gasteiger partial charge in [0.2, 0.25) is 0 Å². The molecule has 1 aliphatic carbocycles. The molecule has 1 rings (SSSR count). The highest BCUT2D eigenvalue weighted by molar-refractivity contribution is 7.91. The lowest BCUT2D eigenvalue weighted by molar-refractivity contribution is 0.182. The number of nitrogens with zero attached hydrogens (tertiary/aromatic N) is 2. The molecule has 0 aliphatic heterocycles. The Kier molecular flexibility index (Phi) is 4.96. The summed E-state index contributed by atoms with van der Waals surface area (Å²) in [6, 6.07) is 2.52. The van der Waals surface area contributed by atoms with Crippen LogP contribution >= 0.6 is 0 Å². The van der Waals surface area contributed by atoms with Gasteiger partial charge in [0.1, 0.15) is 9.84 Å². The Hall–Kier alpha value is -0.600. The quantitative estimate of drug-likeness (QED) is 0.765. The third-order valence-electron chi connectivity index (χ3n) is 3.61. The summed E-state index contributed by atoms with van der Waals surface area (Å²) in [6.07, 6.45) is 4.84. The van der Waals surface area contributed by atoms with E-state index in [2.05, 4.69) is 11.0 Å². The molecular weight excluding hydrogens is 236 g/mol.